The van der Waals surface area contributed by atoms with Crippen LogP contribution in [0.3, 0.4) is 0 Å². The van der Waals surface area contributed by atoms with Crippen LogP contribution in [0, 0.1) is 11.3 Å². The molecule has 1 saturated carbocycles. The number of nitrogens with zero attached hydrogens (tertiary/aromatic N) is 1. The van der Waals surface area contributed by atoms with E-state index in [0.29, 0.717) is 12.0 Å². The zero-order valence-electron chi connectivity index (χ0n) is 13.0. The van der Waals surface area contributed by atoms with Gasteiger partial charge < -0.3 is 15.3 Å². The van der Waals surface area contributed by atoms with Crippen molar-refractivity contribution < 1.29 is 9.90 Å². The second kappa shape index (κ2) is 6.79. The molecular formula is C16H30N2O2. The summed E-state index contributed by atoms with van der Waals surface area (Å²) in [7, 11) is 0. The first-order chi connectivity index (χ1) is 9.60. The first kappa shape index (κ1) is 15.6. The summed E-state index contributed by atoms with van der Waals surface area (Å²) in [6, 6.07) is 0.457. The number of amides is 2. The Bertz CT molecular complexity index is 318. The predicted octanol–water partition coefficient (Wildman–Crippen LogP) is 2.76. The van der Waals surface area contributed by atoms with Gasteiger partial charge in [-0.15, -0.1) is 0 Å². The molecule has 4 heteroatoms. The molecule has 1 aliphatic carbocycles. The fourth-order valence-corrected chi connectivity index (χ4v) is 3.59. The average Bonchev–Trinajstić information content (AvgIpc) is 2.49. The summed E-state index contributed by atoms with van der Waals surface area (Å²) in [5.74, 6) is 0.602. The second-order valence-corrected chi connectivity index (χ2v) is 6.82. The third-order valence-corrected chi connectivity index (χ3v) is 5.62. The largest absolute Gasteiger partial charge is 0.396 e. The Morgan fingerprint density at radius 2 is 1.95 bits per heavy atom. The van der Waals surface area contributed by atoms with Crippen LogP contribution in [0.1, 0.15) is 58.8 Å². The van der Waals surface area contributed by atoms with Crippen LogP contribution in [-0.2, 0) is 0 Å². The highest BCUT2D eigenvalue weighted by molar-refractivity contribution is 5.74. The molecule has 2 aliphatic rings. The number of carbonyl (C=O) groups is 1. The zero-order chi connectivity index (χ0) is 14.6. The Balaban J connectivity index is 1.82. The van der Waals surface area contributed by atoms with E-state index in [0.717, 1.165) is 38.8 Å². The summed E-state index contributed by atoms with van der Waals surface area (Å²) >= 11 is 0. The van der Waals surface area contributed by atoms with Crippen LogP contribution in [-0.4, -0.2) is 41.8 Å². The molecule has 2 amide bonds. The minimum Gasteiger partial charge on any atom is -0.396 e. The summed E-state index contributed by atoms with van der Waals surface area (Å²) in [6.07, 6.45) is 7.73. The van der Waals surface area contributed by atoms with Crippen molar-refractivity contribution in [2.24, 2.45) is 11.3 Å². The monoisotopic (exact) mass is 282 g/mol. The molecule has 2 rings (SSSR count). The molecule has 1 aliphatic heterocycles. The SMILES string of the molecule is CCC1(CO)CCN(C(=O)NC2CCCCC2C)CC1. The Hall–Kier alpha value is -0.770. The summed E-state index contributed by atoms with van der Waals surface area (Å²) in [5, 5.41) is 12.8. The van der Waals surface area contributed by atoms with Crippen LogP contribution >= 0.6 is 0 Å². The van der Waals surface area contributed by atoms with Gasteiger partial charge in [0, 0.05) is 25.7 Å². The van der Waals surface area contributed by atoms with Crippen molar-refractivity contribution in [3.05, 3.63) is 0 Å². The normalized spacial score (nSPS) is 30.1. The van der Waals surface area contributed by atoms with Crippen LogP contribution in [0.15, 0.2) is 0 Å². The van der Waals surface area contributed by atoms with E-state index in [-0.39, 0.29) is 18.1 Å². The van der Waals surface area contributed by atoms with Crippen molar-refractivity contribution >= 4 is 6.03 Å². The van der Waals surface area contributed by atoms with E-state index in [1.165, 1.54) is 19.3 Å². The lowest BCUT2D eigenvalue weighted by Gasteiger charge is -2.41. The van der Waals surface area contributed by atoms with Gasteiger partial charge in [-0.25, -0.2) is 4.79 Å². The maximum atomic E-state index is 12.4. The van der Waals surface area contributed by atoms with E-state index in [1.54, 1.807) is 0 Å². The molecule has 0 spiro atoms. The lowest BCUT2D eigenvalue weighted by molar-refractivity contribution is 0.0508. The van der Waals surface area contributed by atoms with Gasteiger partial charge in [0.1, 0.15) is 0 Å². The Morgan fingerprint density at radius 3 is 2.50 bits per heavy atom. The first-order valence-corrected chi connectivity index (χ1v) is 8.26. The van der Waals surface area contributed by atoms with Gasteiger partial charge in [0.25, 0.3) is 0 Å². The van der Waals surface area contributed by atoms with Crippen molar-refractivity contribution in [2.45, 2.75) is 64.8 Å². The highest BCUT2D eigenvalue weighted by Crippen LogP contribution is 2.34. The van der Waals surface area contributed by atoms with Gasteiger partial charge in [-0.05, 0) is 43.4 Å². The number of likely N-dealkylation sites (tertiary alicyclic amines) is 1. The van der Waals surface area contributed by atoms with Crippen molar-refractivity contribution in [1.82, 2.24) is 10.2 Å². The van der Waals surface area contributed by atoms with E-state index in [2.05, 4.69) is 19.2 Å². The minimum atomic E-state index is 0.0505. The average molecular weight is 282 g/mol. The molecule has 0 radical (unpaired) electrons. The predicted molar refractivity (Wildman–Crippen MR) is 80.6 cm³/mol. The lowest BCUT2D eigenvalue weighted by atomic mass is 9.77. The molecule has 4 nitrogen and oxygen atoms in total. The van der Waals surface area contributed by atoms with Gasteiger partial charge >= 0.3 is 6.03 Å². The summed E-state index contributed by atoms with van der Waals surface area (Å²) in [4.78, 5) is 14.3. The van der Waals surface area contributed by atoms with Gasteiger partial charge in [-0.2, -0.15) is 0 Å². The molecule has 1 heterocycles. The van der Waals surface area contributed by atoms with E-state index in [4.69, 9.17) is 0 Å². The van der Waals surface area contributed by atoms with Crippen LogP contribution in [0.4, 0.5) is 4.79 Å². The number of carbonyl (C=O) groups excluding carboxylic acids is 1. The zero-order valence-corrected chi connectivity index (χ0v) is 13.0. The number of aliphatic hydroxyl groups excluding tert-OH is 1. The molecule has 0 aromatic heterocycles. The first-order valence-electron chi connectivity index (χ1n) is 8.26. The van der Waals surface area contributed by atoms with Crippen molar-refractivity contribution in [2.75, 3.05) is 19.7 Å². The standard InChI is InChI=1S/C16H30N2O2/c1-3-16(12-19)8-10-18(11-9-16)15(20)17-14-7-5-4-6-13(14)2/h13-14,19H,3-12H2,1-2H3,(H,17,20). The van der Waals surface area contributed by atoms with Crippen LogP contribution in [0.2, 0.25) is 0 Å². The number of rotatable bonds is 3. The fourth-order valence-electron chi connectivity index (χ4n) is 3.59. The van der Waals surface area contributed by atoms with Crippen molar-refractivity contribution in [1.29, 1.82) is 0 Å². The number of hydrogen-bond acceptors (Lipinski definition) is 2. The smallest absolute Gasteiger partial charge is 0.317 e. The van der Waals surface area contributed by atoms with Gasteiger partial charge in [0.2, 0.25) is 0 Å². The second-order valence-electron chi connectivity index (χ2n) is 6.82. The van der Waals surface area contributed by atoms with Crippen LogP contribution in [0.25, 0.3) is 0 Å². The molecule has 2 fully saturated rings. The molecule has 0 bridgehead atoms. The summed E-state index contributed by atoms with van der Waals surface area (Å²) < 4.78 is 0. The molecule has 2 N–H and O–H groups in total. The highest BCUT2D eigenvalue weighted by Gasteiger charge is 2.34. The maximum Gasteiger partial charge on any atom is 0.317 e. The maximum absolute atomic E-state index is 12.4. The molecule has 20 heavy (non-hydrogen) atoms. The topological polar surface area (TPSA) is 52.6 Å². The van der Waals surface area contributed by atoms with Gasteiger partial charge in [0.15, 0.2) is 0 Å². The number of nitrogens with one attached hydrogen (secondary N) is 1. The molecule has 2 atom stereocenters. The highest BCUT2D eigenvalue weighted by atomic mass is 16.3. The Morgan fingerprint density at radius 1 is 1.30 bits per heavy atom. The molecule has 2 unspecified atom stereocenters. The Kier molecular flexibility index (Phi) is 5.30. The van der Waals surface area contributed by atoms with Crippen molar-refractivity contribution in [3.63, 3.8) is 0 Å². The van der Waals surface area contributed by atoms with Crippen LogP contribution < -0.4 is 5.32 Å². The number of urea groups is 1. The number of piperidine rings is 1. The van der Waals surface area contributed by atoms with Gasteiger partial charge in [-0.3, -0.25) is 0 Å². The molecule has 116 valence electrons. The third kappa shape index (κ3) is 3.46. The molecule has 0 aromatic rings. The Labute approximate surface area is 122 Å². The summed E-state index contributed by atoms with van der Waals surface area (Å²) in [6.45, 7) is 6.19. The minimum absolute atomic E-state index is 0.0505. The van der Waals surface area contributed by atoms with E-state index in [9.17, 15) is 9.90 Å². The number of hydrogen-bond donors (Lipinski definition) is 2. The van der Waals surface area contributed by atoms with Gasteiger partial charge in [0.05, 0.1) is 0 Å². The van der Waals surface area contributed by atoms with Crippen molar-refractivity contribution in [3.8, 4) is 0 Å². The van der Waals surface area contributed by atoms with E-state index >= 15 is 0 Å². The quantitative estimate of drug-likeness (QED) is 0.836. The van der Waals surface area contributed by atoms with E-state index in [1.807, 2.05) is 4.90 Å². The van der Waals surface area contributed by atoms with Crippen LogP contribution in [0.5, 0.6) is 0 Å². The molecule has 0 aromatic carbocycles. The van der Waals surface area contributed by atoms with Gasteiger partial charge in [-0.1, -0.05) is 26.7 Å². The summed E-state index contributed by atoms with van der Waals surface area (Å²) in [5.41, 5.74) is 0.0505. The lowest BCUT2D eigenvalue weighted by Crippen LogP contribution is -2.52. The van der Waals surface area contributed by atoms with E-state index < -0.39 is 0 Å². The fraction of sp³-hybridized carbons (Fsp3) is 0.938. The molecule has 1 saturated heterocycles. The molecular weight excluding hydrogens is 252 g/mol. The third-order valence-electron chi connectivity index (χ3n) is 5.62. The number of aliphatic hydroxyl groups is 1.